The van der Waals surface area contributed by atoms with E-state index in [0.29, 0.717) is 147 Å². The summed E-state index contributed by atoms with van der Waals surface area (Å²) < 4.78 is 39.9. The second kappa shape index (κ2) is 43.0. The lowest BCUT2D eigenvalue weighted by molar-refractivity contribution is -0.128. The molecule has 9 aromatic carbocycles. The lowest BCUT2D eigenvalue weighted by Gasteiger charge is -2.34. The topological polar surface area (TPSA) is 375 Å². The molecule has 1 aliphatic rings. The van der Waals surface area contributed by atoms with Crippen LogP contribution < -0.4 is 55.4 Å². The molecular weight excluding hydrogens is 1660 g/mol. The summed E-state index contributed by atoms with van der Waals surface area (Å²) in [7, 11) is 9.84. The third-order valence-corrected chi connectivity index (χ3v) is 24.2. The molecule has 3 atom stereocenters. The average molecular weight is 1770 g/mol. The van der Waals surface area contributed by atoms with E-state index < -0.39 is 23.7 Å². The highest BCUT2D eigenvalue weighted by Gasteiger charge is 2.39. The first-order chi connectivity index (χ1) is 64.7. The number of ether oxygens (including phenoxy) is 6. The second-order valence-electron chi connectivity index (χ2n) is 32.4. The van der Waals surface area contributed by atoms with Crippen molar-refractivity contribution in [2.75, 3.05) is 55.7 Å². The number of carbonyl (C=O) groups is 3. The molecule has 10 N–H and O–H groups in total. The Morgan fingerprint density at radius 1 is 0.394 bits per heavy atom. The van der Waals surface area contributed by atoms with Crippen LogP contribution in [0.1, 0.15) is 137 Å². The van der Waals surface area contributed by atoms with E-state index in [4.69, 9.17) is 54.5 Å². The van der Waals surface area contributed by atoms with Crippen molar-refractivity contribution in [3.05, 3.63) is 364 Å². The summed E-state index contributed by atoms with van der Waals surface area (Å²) in [5.41, 5.74) is 19.3. The fourth-order valence-corrected chi connectivity index (χ4v) is 16.9. The molecule has 18 rings (SSSR count). The first kappa shape index (κ1) is 89.8. The van der Waals surface area contributed by atoms with Crippen molar-refractivity contribution < 1.29 is 42.8 Å². The Morgan fingerprint density at radius 2 is 0.765 bits per heavy atom. The Hall–Kier alpha value is -15.6. The number of H-pyrrole nitrogens is 4. The minimum atomic E-state index is -0.954. The largest absolute Gasteiger partial charge is 0.497 e. The summed E-state index contributed by atoms with van der Waals surface area (Å²) in [4.78, 5) is 50.8. The molecular formula is C102H107N21O9. The molecule has 0 saturated carbocycles. The van der Waals surface area contributed by atoms with Gasteiger partial charge < -0.3 is 84.1 Å². The van der Waals surface area contributed by atoms with Gasteiger partial charge in [0.25, 0.3) is 11.8 Å². The molecule has 1 saturated heterocycles. The third kappa shape index (κ3) is 21.7. The van der Waals surface area contributed by atoms with Crippen molar-refractivity contribution in [2.45, 2.75) is 114 Å². The molecule has 132 heavy (non-hydrogen) atoms. The Bertz CT molecular complexity index is 6670. The van der Waals surface area contributed by atoms with Crippen molar-refractivity contribution in [2.24, 2.45) is 5.73 Å². The van der Waals surface area contributed by atoms with Gasteiger partial charge in [0.1, 0.15) is 57.7 Å². The summed E-state index contributed by atoms with van der Waals surface area (Å²) in [5.74, 6) is 7.93. The van der Waals surface area contributed by atoms with Gasteiger partial charge in [-0.25, -0.2) is 0 Å². The molecule has 0 unspecified atom stereocenters. The highest BCUT2D eigenvalue weighted by atomic mass is 16.5. The fourth-order valence-electron chi connectivity index (χ4n) is 16.9. The number of amides is 3. The fraction of sp³-hybridized carbons (Fsp3) is 0.255. The number of aromatic amines is 4. The molecule has 8 aromatic heterocycles. The van der Waals surface area contributed by atoms with E-state index >= 15 is 0 Å². The van der Waals surface area contributed by atoms with E-state index in [0.717, 1.165) is 103 Å². The van der Waals surface area contributed by atoms with Crippen LogP contribution in [-0.4, -0.2) is 159 Å². The van der Waals surface area contributed by atoms with Gasteiger partial charge in [0, 0.05) is 131 Å². The molecule has 0 spiro atoms. The molecule has 1 fully saturated rings. The van der Waals surface area contributed by atoms with E-state index in [1.165, 1.54) is 29.1 Å². The summed E-state index contributed by atoms with van der Waals surface area (Å²) >= 11 is 0. The van der Waals surface area contributed by atoms with Crippen LogP contribution in [0.4, 0.5) is 0 Å². The lowest BCUT2D eigenvalue weighted by Crippen LogP contribution is -2.59. The predicted octanol–water partition coefficient (Wildman–Crippen LogP) is 14.3. The molecule has 0 bridgehead atoms. The van der Waals surface area contributed by atoms with Gasteiger partial charge in [0.05, 0.1) is 104 Å². The van der Waals surface area contributed by atoms with Gasteiger partial charge in [-0.1, -0.05) is 146 Å². The molecule has 0 radical (unpaired) electrons. The van der Waals surface area contributed by atoms with Gasteiger partial charge >= 0.3 is 0 Å². The van der Waals surface area contributed by atoms with Gasteiger partial charge in [-0.3, -0.25) is 19.5 Å². The van der Waals surface area contributed by atoms with Crippen LogP contribution in [0.3, 0.4) is 0 Å². The van der Waals surface area contributed by atoms with E-state index in [2.05, 4.69) is 141 Å². The quantitative estimate of drug-likeness (QED) is 0.0176. The number of fused-ring (bicyclic) bond motifs is 3. The van der Waals surface area contributed by atoms with E-state index in [9.17, 15) is 14.4 Å². The van der Waals surface area contributed by atoms with Gasteiger partial charge in [-0.15, -0.1) is 30.6 Å². The van der Waals surface area contributed by atoms with Crippen molar-refractivity contribution in [3.8, 4) is 34.5 Å². The molecule has 674 valence electrons. The van der Waals surface area contributed by atoms with Crippen LogP contribution >= 0.6 is 0 Å². The second-order valence-corrected chi connectivity index (χ2v) is 32.4. The highest BCUT2D eigenvalue weighted by molar-refractivity contribution is 5.94. The number of para-hydroxylation sites is 3. The van der Waals surface area contributed by atoms with Crippen LogP contribution in [-0.2, 0) is 82.2 Å². The lowest BCUT2D eigenvalue weighted by atomic mass is 9.88. The Labute approximate surface area is 763 Å². The Morgan fingerprint density at radius 3 is 1.12 bits per heavy atom. The average Bonchev–Trinajstić information content (AvgIpc) is 1.64. The Kier molecular flexibility index (Phi) is 29.3. The number of methoxy groups -OCH3 is 6. The summed E-state index contributed by atoms with van der Waals surface area (Å²) in [5, 5.41) is 59.0. The molecule has 3 amide bonds. The van der Waals surface area contributed by atoms with Crippen molar-refractivity contribution >= 4 is 50.4 Å². The van der Waals surface area contributed by atoms with Gasteiger partial charge in [0.2, 0.25) is 5.91 Å². The SMILES string of the molecule is COc1ccc(Cn2c(CCc3ccccc3)nnc2[C@@H](Cc2c[nH]c3ccccc23)NC(=O)C2(N)CCNCC2)c(OC)c1.COc1ccc(Cn2c(CCc3ccccc3)nnc2[C@@H](Cc2c[nH]c3ccccc23)NC(=O)c2ccn[nH]2)c(OC)c1.COc1ccc(Cn2c(CCc3ccccc3)nnc2[C@@H](Cc2c[nH]c3ccccc23)NC(=O)c2ccnnc2)c(OC)c1. The maximum Gasteiger partial charge on any atom is 0.269 e. The summed E-state index contributed by atoms with van der Waals surface area (Å²) in [6.45, 7) is 2.75. The zero-order valence-electron chi connectivity index (χ0n) is 74.6. The monoisotopic (exact) mass is 1770 g/mol. The van der Waals surface area contributed by atoms with Crippen LogP contribution in [0.2, 0.25) is 0 Å². The zero-order chi connectivity index (χ0) is 91.1. The molecule has 17 aromatic rings. The normalized spacial score (nSPS) is 12.9. The standard InChI is InChI=1S/C35H41N7O3.C34H33N7O3.C33H33N7O3/c1-44-27-14-13-25(31(21-27)45-2)23-42-32(15-12-24-8-4-3-5-9-24)40-41-33(42)30(39-34(43)35(36)16-18-37-19-17-35)20-26-22-38-29-11-7-6-10-28(26)29;1-43-27-14-13-25(31(19-27)44-2)22-41-32(15-12-23-8-4-3-5-9-23)39-40-33(41)30(38-34(42)24-16-17-36-37-21-24)18-26-20-35-29-11-7-6-10-28(26)29;1-42-25-14-13-23(30(19-25)43-2)21-40-31(15-12-22-8-4-3-5-9-22)38-39-32(40)29(36-33(41)28-16-17-35-37-28)18-24-20-34-27-11-7-6-10-26(24)27/h3-11,13-14,21-22,30,37-38H,12,15-20,23,36H2,1-2H3,(H,39,43);3-11,13-14,16-17,19-21,30,35H,12,15,18,22H2,1-2H3,(H,38,42);3-11,13-14,16-17,19-20,29,34H,12,15,18,21H2,1-2H3,(H,35,37)(H,36,41)/t2*30-;29-/m111/s1. The van der Waals surface area contributed by atoms with Gasteiger partial charge in [-0.2, -0.15) is 15.3 Å². The number of rotatable bonds is 36. The number of nitrogens with two attached hydrogens (primary N) is 1. The molecule has 1 aliphatic heterocycles. The van der Waals surface area contributed by atoms with Gasteiger partial charge in [-0.05, 0) is 145 Å². The number of aryl methyl sites for hydroxylation is 6. The zero-order valence-corrected chi connectivity index (χ0v) is 74.6. The van der Waals surface area contributed by atoms with Crippen molar-refractivity contribution in [1.29, 1.82) is 0 Å². The number of nitrogens with one attached hydrogen (secondary N) is 8. The van der Waals surface area contributed by atoms with Crippen LogP contribution in [0.15, 0.2) is 268 Å². The molecule has 0 aliphatic carbocycles. The number of hydrogen-bond acceptors (Lipinski definition) is 20. The minimum Gasteiger partial charge on any atom is -0.497 e. The smallest absolute Gasteiger partial charge is 0.269 e. The third-order valence-electron chi connectivity index (χ3n) is 24.2. The minimum absolute atomic E-state index is 0.170. The number of carbonyl (C=O) groups excluding carboxylic acids is 3. The maximum absolute atomic E-state index is 13.9. The number of benzene rings is 9. The highest BCUT2D eigenvalue weighted by Crippen LogP contribution is 2.35. The summed E-state index contributed by atoms with van der Waals surface area (Å²) in [6, 6.07) is 74.5. The first-order valence-electron chi connectivity index (χ1n) is 44.1. The number of aromatic nitrogens is 16. The summed E-state index contributed by atoms with van der Waals surface area (Å²) in [6.07, 6.45) is 17.5. The van der Waals surface area contributed by atoms with E-state index in [-0.39, 0.29) is 17.7 Å². The maximum atomic E-state index is 13.9. The number of nitrogens with zero attached hydrogens (tertiary/aromatic N) is 12. The van der Waals surface area contributed by atoms with Gasteiger partial charge in [0.15, 0.2) is 17.5 Å². The molecule has 9 heterocycles. The van der Waals surface area contributed by atoms with Crippen molar-refractivity contribution in [1.82, 2.24) is 101 Å². The van der Waals surface area contributed by atoms with Crippen molar-refractivity contribution in [3.63, 3.8) is 0 Å². The first-order valence-corrected chi connectivity index (χ1v) is 44.1. The van der Waals surface area contributed by atoms with E-state index in [1.807, 2.05) is 176 Å². The van der Waals surface area contributed by atoms with Crippen LogP contribution in [0.25, 0.3) is 32.7 Å². The number of piperidine rings is 1. The molecule has 30 heteroatoms. The van der Waals surface area contributed by atoms with Crippen LogP contribution in [0, 0.1) is 0 Å². The Balaban J connectivity index is 0.000000144. The molecule has 30 nitrogen and oxygen atoms in total. The number of hydrogen-bond donors (Lipinski definition) is 9. The predicted molar refractivity (Wildman–Crippen MR) is 505 cm³/mol. The van der Waals surface area contributed by atoms with Crippen LogP contribution in [0.5, 0.6) is 34.5 Å². The van der Waals surface area contributed by atoms with E-state index in [1.54, 1.807) is 61.0 Å².